The minimum absolute atomic E-state index is 0.0498. The van der Waals surface area contributed by atoms with Gasteiger partial charge in [0, 0.05) is 29.4 Å². The highest BCUT2D eigenvalue weighted by atomic mass is 32.2. The lowest BCUT2D eigenvalue weighted by Gasteiger charge is -2.30. The Morgan fingerprint density at radius 2 is 1.90 bits per heavy atom. The molecule has 0 saturated heterocycles. The van der Waals surface area contributed by atoms with Crippen molar-refractivity contribution in [2.75, 3.05) is 10.8 Å². The lowest BCUT2D eigenvalue weighted by molar-refractivity contribution is -0.140. The van der Waals surface area contributed by atoms with Crippen molar-refractivity contribution in [1.29, 1.82) is 0 Å². The van der Waals surface area contributed by atoms with Crippen molar-refractivity contribution in [3.05, 3.63) is 47.9 Å². The molecule has 30 heavy (non-hydrogen) atoms. The molecule has 0 N–H and O–H groups in total. The van der Waals surface area contributed by atoms with Gasteiger partial charge in [0.15, 0.2) is 28.3 Å². The van der Waals surface area contributed by atoms with Crippen LogP contribution >= 0.6 is 11.8 Å². The Morgan fingerprint density at radius 3 is 2.53 bits per heavy atom. The number of carbonyl (C=O) groups is 1. The number of nitrogens with zero attached hydrogens (tertiary/aromatic N) is 3. The predicted octanol–water partition coefficient (Wildman–Crippen LogP) is 4.62. The molecule has 0 spiro atoms. The molecule has 6 nitrogen and oxygen atoms in total. The summed E-state index contributed by atoms with van der Waals surface area (Å²) in [4.78, 5) is 20.6. The molecule has 1 aromatic heterocycles. The second kappa shape index (κ2) is 8.76. The average Bonchev–Trinajstić information content (AvgIpc) is 2.68. The van der Waals surface area contributed by atoms with Gasteiger partial charge in [0.2, 0.25) is 0 Å². The normalized spacial score (nSPS) is 16.6. The van der Waals surface area contributed by atoms with E-state index in [-0.39, 0.29) is 50.9 Å². The molecule has 1 aliphatic rings. The van der Waals surface area contributed by atoms with E-state index in [9.17, 15) is 22.2 Å². The first-order valence-electron chi connectivity index (χ1n) is 8.96. The van der Waals surface area contributed by atoms with Crippen LogP contribution < -0.4 is 4.31 Å². The maximum Gasteiger partial charge on any atom is 0.446 e. The first kappa shape index (κ1) is 22.3. The van der Waals surface area contributed by atoms with E-state index in [0.29, 0.717) is 0 Å². The van der Waals surface area contributed by atoms with Gasteiger partial charge in [-0.15, -0.1) is 0 Å². The van der Waals surface area contributed by atoms with E-state index < -0.39 is 28.4 Å². The number of fused-ring (bicyclic) bond motifs is 1. The molecule has 1 atom stereocenters. The molecule has 0 radical (unpaired) electrons. The summed E-state index contributed by atoms with van der Waals surface area (Å²) in [5, 5.41) is 0. The van der Waals surface area contributed by atoms with Gasteiger partial charge < -0.3 is 4.74 Å². The Balaban J connectivity index is 2.30. The fourth-order valence-corrected chi connectivity index (χ4v) is 4.86. The summed E-state index contributed by atoms with van der Waals surface area (Å²) in [6, 6.07) is 5.68. The average molecular weight is 457 g/mol. The number of ether oxygens (including phenoxy) is 1. The first-order valence-corrected chi connectivity index (χ1v) is 10.9. The van der Waals surface area contributed by atoms with Gasteiger partial charge in [-0.2, -0.15) is 13.2 Å². The SMILES string of the molecule is CCN1c2nccnc2C(OC(=O)C(C)C)=C(c2ccccc2SC(F)(F)F)S1=O. The van der Waals surface area contributed by atoms with E-state index in [2.05, 4.69) is 9.97 Å². The van der Waals surface area contributed by atoms with Crippen molar-refractivity contribution >= 4 is 45.2 Å². The molecule has 1 unspecified atom stereocenters. The van der Waals surface area contributed by atoms with Gasteiger partial charge in [0.05, 0.1) is 5.92 Å². The number of alkyl halides is 3. The van der Waals surface area contributed by atoms with Crippen LogP contribution in [0.2, 0.25) is 0 Å². The maximum absolute atomic E-state index is 13.4. The van der Waals surface area contributed by atoms with Gasteiger partial charge in [-0.25, -0.2) is 14.2 Å². The third kappa shape index (κ3) is 4.51. The van der Waals surface area contributed by atoms with Gasteiger partial charge in [-0.1, -0.05) is 32.0 Å². The Labute approximate surface area is 178 Å². The van der Waals surface area contributed by atoms with E-state index >= 15 is 0 Å². The molecule has 1 aliphatic heterocycles. The molecule has 160 valence electrons. The summed E-state index contributed by atoms with van der Waals surface area (Å²) < 4.78 is 59.8. The van der Waals surface area contributed by atoms with E-state index in [0.717, 1.165) is 0 Å². The van der Waals surface area contributed by atoms with Crippen molar-refractivity contribution in [2.45, 2.75) is 31.2 Å². The molecule has 3 rings (SSSR count). The van der Waals surface area contributed by atoms with Crippen LogP contribution in [-0.4, -0.2) is 32.2 Å². The summed E-state index contributed by atoms with van der Waals surface area (Å²) in [5.41, 5.74) is -4.35. The van der Waals surface area contributed by atoms with E-state index in [4.69, 9.17) is 4.74 Å². The topological polar surface area (TPSA) is 72.4 Å². The molecule has 0 bridgehead atoms. The summed E-state index contributed by atoms with van der Waals surface area (Å²) in [5.74, 6) is -1.05. The molecule has 0 fully saturated rings. The molecule has 0 saturated carbocycles. The first-order chi connectivity index (χ1) is 14.1. The van der Waals surface area contributed by atoms with Crippen molar-refractivity contribution in [2.24, 2.45) is 5.92 Å². The lowest BCUT2D eigenvalue weighted by Crippen LogP contribution is -2.33. The number of rotatable bonds is 5. The minimum Gasteiger partial charge on any atom is -0.422 e. The van der Waals surface area contributed by atoms with Gasteiger partial charge in [0.1, 0.15) is 4.91 Å². The van der Waals surface area contributed by atoms with Crippen LogP contribution in [0.15, 0.2) is 41.6 Å². The zero-order valence-electron chi connectivity index (χ0n) is 16.3. The van der Waals surface area contributed by atoms with Gasteiger partial charge >= 0.3 is 11.5 Å². The number of halogens is 3. The molecule has 0 aliphatic carbocycles. The quantitative estimate of drug-likeness (QED) is 0.482. The summed E-state index contributed by atoms with van der Waals surface area (Å²) in [6.45, 7) is 5.22. The highest BCUT2D eigenvalue weighted by Gasteiger charge is 2.38. The van der Waals surface area contributed by atoms with Crippen LogP contribution in [-0.2, 0) is 20.5 Å². The highest BCUT2D eigenvalue weighted by molar-refractivity contribution is 8.00. The summed E-state index contributed by atoms with van der Waals surface area (Å²) in [6.07, 6.45) is 2.77. The van der Waals surface area contributed by atoms with E-state index in [1.54, 1.807) is 20.8 Å². The third-order valence-electron chi connectivity index (χ3n) is 4.03. The van der Waals surface area contributed by atoms with Crippen LogP contribution in [0.5, 0.6) is 0 Å². The zero-order chi connectivity index (χ0) is 22.1. The highest BCUT2D eigenvalue weighted by Crippen LogP contribution is 2.46. The Hall–Kier alpha value is -2.40. The number of hydrogen-bond acceptors (Lipinski definition) is 6. The molecule has 2 heterocycles. The second-order valence-electron chi connectivity index (χ2n) is 6.45. The number of anilines is 1. The summed E-state index contributed by atoms with van der Waals surface area (Å²) >= 11 is -0.323. The minimum atomic E-state index is -4.55. The van der Waals surface area contributed by atoms with Crippen molar-refractivity contribution in [3.63, 3.8) is 0 Å². The number of esters is 1. The van der Waals surface area contributed by atoms with Crippen LogP contribution in [0.4, 0.5) is 19.0 Å². The van der Waals surface area contributed by atoms with Gasteiger partial charge in [-0.3, -0.25) is 9.10 Å². The fraction of sp³-hybridized carbons (Fsp3) is 0.316. The van der Waals surface area contributed by atoms with Crippen LogP contribution in [0.1, 0.15) is 32.0 Å². The summed E-state index contributed by atoms with van der Waals surface area (Å²) in [7, 11) is -1.97. The molecule has 0 amide bonds. The molecule has 1 aromatic carbocycles. The van der Waals surface area contributed by atoms with Crippen LogP contribution in [0.3, 0.4) is 0 Å². The Morgan fingerprint density at radius 1 is 1.23 bits per heavy atom. The fourth-order valence-electron chi connectivity index (χ4n) is 2.71. The van der Waals surface area contributed by atoms with E-state index in [1.807, 2.05) is 0 Å². The largest absolute Gasteiger partial charge is 0.446 e. The van der Waals surface area contributed by atoms with Crippen LogP contribution in [0, 0.1) is 5.92 Å². The number of benzene rings is 1. The van der Waals surface area contributed by atoms with Crippen molar-refractivity contribution in [1.82, 2.24) is 9.97 Å². The lowest BCUT2D eigenvalue weighted by atomic mass is 10.1. The van der Waals surface area contributed by atoms with Crippen LogP contribution in [0.25, 0.3) is 10.7 Å². The zero-order valence-corrected chi connectivity index (χ0v) is 17.9. The number of carbonyl (C=O) groups excluding carboxylic acids is 1. The molecular formula is C19H18F3N3O3S2. The van der Waals surface area contributed by atoms with Crippen molar-refractivity contribution < 1.29 is 26.9 Å². The maximum atomic E-state index is 13.4. The van der Waals surface area contributed by atoms with E-state index in [1.165, 1.54) is 41.0 Å². The standard InChI is InChI=1S/C19H18F3N3O3S2/c1-4-25-17-14(23-9-10-24-17)15(28-18(26)11(2)3)16(30(25)27)12-7-5-6-8-13(12)29-19(20,21)22/h5-11H,4H2,1-3H3. The van der Waals surface area contributed by atoms with Crippen molar-refractivity contribution in [3.8, 4) is 0 Å². The molecular weight excluding hydrogens is 439 g/mol. The number of aromatic nitrogens is 2. The van der Waals surface area contributed by atoms with Gasteiger partial charge in [0.25, 0.3) is 0 Å². The predicted molar refractivity (Wildman–Crippen MR) is 109 cm³/mol. The number of thioether (sulfide) groups is 1. The molecule has 11 heteroatoms. The third-order valence-corrected chi connectivity index (χ3v) is 6.42. The Bertz CT molecular complexity index is 1030. The second-order valence-corrected chi connectivity index (χ2v) is 8.90. The monoisotopic (exact) mass is 457 g/mol. The number of hydrogen-bond donors (Lipinski definition) is 0. The van der Waals surface area contributed by atoms with Gasteiger partial charge in [-0.05, 0) is 24.8 Å². The molecule has 2 aromatic rings. The smallest absolute Gasteiger partial charge is 0.422 e. The Kier molecular flexibility index (Phi) is 6.51.